The van der Waals surface area contributed by atoms with E-state index in [-0.39, 0.29) is 123 Å². The van der Waals surface area contributed by atoms with Gasteiger partial charge in [0, 0.05) is 139 Å². The first-order valence-corrected chi connectivity index (χ1v) is 52.7. The van der Waals surface area contributed by atoms with Gasteiger partial charge in [0.2, 0.25) is 0 Å². The lowest BCUT2D eigenvalue weighted by Gasteiger charge is -2.27. The van der Waals surface area contributed by atoms with E-state index in [2.05, 4.69) is 78.2 Å². The molecule has 36 heteroatoms. The summed E-state index contributed by atoms with van der Waals surface area (Å²) in [5.74, 6) is -3.93. The van der Waals surface area contributed by atoms with Crippen molar-refractivity contribution in [2.75, 3.05) is 93.1 Å². The number of aromatic nitrogens is 12. The second-order valence-electron chi connectivity index (χ2n) is 39.5. The molecular formula is C112H138F4N18O14. The molecule has 2 N–H and O–H groups in total. The molecule has 6 atom stereocenters. The fourth-order valence-electron chi connectivity index (χ4n) is 20.3. The van der Waals surface area contributed by atoms with E-state index in [1.807, 2.05) is 54.3 Å². The van der Waals surface area contributed by atoms with Crippen molar-refractivity contribution in [2.45, 2.75) is 271 Å². The van der Waals surface area contributed by atoms with E-state index in [0.29, 0.717) is 153 Å². The standard InChI is InChI=1S/C30H38FN5O3.C29H36FN5O3.C27H33FN4O4.C26H31FN4O4/c1-4-22-17-27(30(38)35-14-7-5-6-9-20(35)2)32-28-18-26(33-36(22)28)24-12-11-21(15-25(24)31)16-29(37)39-19-23-10-8-13-34(23)3;1-3-22-16-26(29(37)34-13-6-4-5-8-19(34)2)32-27-17-25(33-35(22)27)23-11-10-20(14-24(23)30)15-28(36)38-18-21-9-7-12-31-21;1-4-20-16-24(27(34)31-11-7-5-6-8-18(31)2)29-25-17-23(30-32(20)25)21-10-9-19(14-22(21)28)15-26(33)36-13-12-35-3;1-3-19-15-23(26(34)30-10-6-4-5-7-17(30)2)28-24-16-22(29-31(19)24)20-9-8-18(13-21(20)27)14-25(33)35-12-11-32/h11-12,15,17-18,20,23H,4-10,13-14,16,19H2,1-3H3;10-11,14,16-17,19,21,31H,3-9,12-13,15,18H2,1-2H3;9-10,14,16-18H,4-8,11-13,15H2,1-3H3;8-9,13,15-17,32H,3-7,10-12,14H2,1-2H3. The zero-order chi connectivity index (χ0) is 105. The van der Waals surface area contributed by atoms with Crippen molar-refractivity contribution in [1.82, 2.24) is 88.2 Å². The minimum atomic E-state index is -0.536. The van der Waals surface area contributed by atoms with Crippen LogP contribution < -0.4 is 5.32 Å². The van der Waals surface area contributed by atoms with Crippen LogP contribution in [0.15, 0.2) is 121 Å². The number of carbonyl (C=O) groups is 8. The summed E-state index contributed by atoms with van der Waals surface area (Å²) in [6.45, 7) is 22.0. The van der Waals surface area contributed by atoms with Gasteiger partial charge in [0.15, 0.2) is 22.6 Å². The molecule has 12 aromatic rings. The Morgan fingerprint density at radius 3 is 0.926 bits per heavy atom. The molecule has 0 radical (unpaired) electrons. The molecule has 8 aromatic heterocycles. The summed E-state index contributed by atoms with van der Waals surface area (Å²) in [6, 6.07) is 33.7. The molecule has 18 rings (SSSR count). The van der Waals surface area contributed by atoms with Gasteiger partial charge in [0.05, 0.1) is 61.7 Å². The van der Waals surface area contributed by atoms with Crippen molar-refractivity contribution in [3.05, 3.63) is 212 Å². The SMILES string of the molecule is CCc1cc(C(=O)N2CCCCCC2C)nc2cc(-c3ccc(CC(=O)OCC4CCCN4)cc3F)nn12.CCc1cc(C(=O)N2CCCCCC2C)nc2cc(-c3ccc(CC(=O)OCC4CCCN4C)cc3F)nn12.CCc1cc(C(=O)N2CCCCCC2C)nc2cc(-c3ccc(CC(=O)OCCO)cc3F)nn12.CCc1cc(C(=O)N2CCCCCC2C)nc2cc(-c3ccc(CC(=O)OCCOC)cc3F)nn12. The normalized spacial score (nSPS) is 18.3. The Kier molecular flexibility index (Phi) is 37.9. The van der Waals surface area contributed by atoms with E-state index in [9.17, 15) is 42.7 Å². The van der Waals surface area contributed by atoms with E-state index < -0.39 is 35.2 Å². The quantitative estimate of drug-likeness (QED) is 0.0190. The number of aryl methyl sites for hydroxylation is 4. The number of aliphatic hydroxyl groups excluding tert-OH is 1. The van der Waals surface area contributed by atoms with E-state index in [4.69, 9.17) is 28.8 Å². The van der Waals surface area contributed by atoms with Crippen LogP contribution in [-0.2, 0) is 94.2 Å². The molecule has 4 aromatic carbocycles. The van der Waals surface area contributed by atoms with Crippen molar-refractivity contribution in [3.63, 3.8) is 0 Å². The monoisotopic (exact) mass is 2040 g/mol. The van der Waals surface area contributed by atoms with E-state index >= 15 is 13.2 Å². The molecule has 6 unspecified atom stereocenters. The van der Waals surface area contributed by atoms with Gasteiger partial charge in [0.1, 0.15) is 72.5 Å². The largest absolute Gasteiger partial charge is 0.464 e. The van der Waals surface area contributed by atoms with Crippen LogP contribution >= 0.6 is 0 Å². The van der Waals surface area contributed by atoms with Gasteiger partial charge >= 0.3 is 23.9 Å². The predicted molar refractivity (Wildman–Crippen MR) is 551 cm³/mol. The number of nitrogens with one attached hydrogen (secondary N) is 1. The van der Waals surface area contributed by atoms with Crippen molar-refractivity contribution >= 4 is 70.1 Å². The number of fused-ring (bicyclic) bond motifs is 4. The highest BCUT2D eigenvalue weighted by Crippen LogP contribution is 2.34. The molecule has 6 fully saturated rings. The van der Waals surface area contributed by atoms with Crippen LogP contribution in [-0.4, -0.2) is 265 Å². The number of rotatable bonds is 29. The Balaban J connectivity index is 0.000000148. The number of halogens is 4. The van der Waals surface area contributed by atoms with Crippen LogP contribution in [0.5, 0.6) is 0 Å². The molecule has 0 spiro atoms. The molecular weight excluding hydrogens is 1900 g/mol. The second kappa shape index (κ2) is 51.5. The number of likely N-dealkylation sites (N-methyl/N-ethyl adjacent to an activating group) is 1. The Bertz CT molecular complexity index is 6720. The molecule has 0 aliphatic carbocycles. The summed E-state index contributed by atoms with van der Waals surface area (Å²) in [7, 11) is 3.56. The highest BCUT2D eigenvalue weighted by molar-refractivity contribution is 5.96. The van der Waals surface area contributed by atoms with Crippen molar-refractivity contribution in [1.29, 1.82) is 0 Å². The molecule has 788 valence electrons. The van der Waals surface area contributed by atoms with E-state index in [1.165, 1.54) is 31.4 Å². The van der Waals surface area contributed by atoms with Gasteiger partial charge in [-0.15, -0.1) is 0 Å². The van der Waals surface area contributed by atoms with E-state index in [0.717, 1.165) is 190 Å². The predicted octanol–water partition coefficient (Wildman–Crippen LogP) is 16.8. The maximum Gasteiger partial charge on any atom is 0.310 e. The number of esters is 4. The number of benzene rings is 4. The fraction of sp³-hybridized carbons (Fsp3) is 0.500. The van der Waals surface area contributed by atoms with Gasteiger partial charge < -0.3 is 58.6 Å². The summed E-state index contributed by atoms with van der Waals surface area (Å²) in [5.41, 5.74) is 11.9. The zero-order valence-electron chi connectivity index (χ0n) is 86.7. The zero-order valence-corrected chi connectivity index (χ0v) is 86.7. The highest BCUT2D eigenvalue weighted by atomic mass is 19.1. The van der Waals surface area contributed by atoms with E-state index in [1.54, 1.807) is 115 Å². The molecule has 6 aliphatic rings. The lowest BCUT2D eigenvalue weighted by molar-refractivity contribution is -0.145. The lowest BCUT2D eigenvalue weighted by atomic mass is 10.1. The molecule has 0 saturated carbocycles. The summed E-state index contributed by atoms with van der Waals surface area (Å²) in [6.07, 6.45) is 23.7. The first-order valence-electron chi connectivity index (χ1n) is 52.7. The number of methoxy groups -OCH3 is 1. The molecule has 32 nitrogen and oxygen atoms in total. The number of ether oxygens (including phenoxy) is 5. The Morgan fingerprint density at radius 1 is 0.351 bits per heavy atom. The van der Waals surface area contributed by atoms with Crippen LogP contribution in [0.1, 0.15) is 271 Å². The summed E-state index contributed by atoms with van der Waals surface area (Å²) >= 11 is 0. The van der Waals surface area contributed by atoms with Gasteiger partial charge in [-0.05, 0) is 246 Å². The molecule has 14 heterocycles. The number of amides is 4. The number of hydrogen-bond donors (Lipinski definition) is 2. The van der Waals surface area contributed by atoms with Crippen LogP contribution in [0.2, 0.25) is 0 Å². The smallest absolute Gasteiger partial charge is 0.310 e. The third-order valence-corrected chi connectivity index (χ3v) is 28.8. The number of carbonyl (C=O) groups excluding carboxylic acids is 8. The summed E-state index contributed by atoms with van der Waals surface area (Å²) in [4.78, 5) is 130. The molecule has 148 heavy (non-hydrogen) atoms. The molecule has 6 saturated heterocycles. The van der Waals surface area contributed by atoms with Crippen molar-refractivity contribution < 1.29 is 84.7 Å². The van der Waals surface area contributed by atoms with Crippen LogP contribution in [0, 0.1) is 23.3 Å². The van der Waals surface area contributed by atoms with Gasteiger partial charge in [-0.2, -0.15) is 20.4 Å². The number of aliphatic hydroxyl groups is 1. The summed E-state index contributed by atoms with van der Waals surface area (Å²) in [5, 5.41) is 30.4. The van der Waals surface area contributed by atoms with Crippen molar-refractivity contribution in [3.8, 4) is 45.0 Å². The Labute approximate surface area is 860 Å². The number of hydrogen-bond acceptors (Lipinski definition) is 24. The van der Waals surface area contributed by atoms with Gasteiger partial charge in [0.25, 0.3) is 23.6 Å². The molecule has 4 amide bonds. The van der Waals surface area contributed by atoms with Crippen LogP contribution in [0.3, 0.4) is 0 Å². The maximum atomic E-state index is 15.2. The van der Waals surface area contributed by atoms with Gasteiger partial charge in [-0.25, -0.2) is 55.6 Å². The second-order valence-corrected chi connectivity index (χ2v) is 39.5. The molecule has 6 aliphatic heterocycles. The minimum absolute atomic E-state index is 0.0109. The first-order chi connectivity index (χ1) is 71.6. The minimum Gasteiger partial charge on any atom is -0.464 e. The Morgan fingerprint density at radius 2 is 0.655 bits per heavy atom. The number of nitrogens with zero attached hydrogens (tertiary/aromatic N) is 17. The maximum absolute atomic E-state index is 15.2. The highest BCUT2D eigenvalue weighted by Gasteiger charge is 2.34. The lowest BCUT2D eigenvalue weighted by Crippen LogP contribution is -2.38. The Hall–Kier alpha value is -13.3. The first kappa shape index (κ1) is 109. The third-order valence-electron chi connectivity index (χ3n) is 28.8. The topological polar surface area (TPSA) is 352 Å². The van der Waals surface area contributed by atoms with Crippen LogP contribution in [0.4, 0.5) is 17.6 Å². The average Bonchev–Trinajstić information content (AvgIpc) is 1.64. The third kappa shape index (κ3) is 27.2. The van der Waals surface area contributed by atoms with Crippen LogP contribution in [0.25, 0.3) is 67.6 Å². The molecule has 0 bridgehead atoms. The van der Waals surface area contributed by atoms with Gasteiger partial charge in [-0.1, -0.05) is 103 Å². The van der Waals surface area contributed by atoms with Gasteiger partial charge in [-0.3, -0.25) is 38.4 Å². The summed E-state index contributed by atoms with van der Waals surface area (Å²) < 4.78 is 92.6. The number of likely N-dealkylation sites (tertiary alicyclic amines) is 5. The average molecular weight is 2040 g/mol. The fourth-order valence-corrected chi connectivity index (χ4v) is 20.3. The van der Waals surface area contributed by atoms with Crippen molar-refractivity contribution in [2.24, 2.45) is 0 Å².